The van der Waals surface area contributed by atoms with E-state index in [2.05, 4.69) is 4.98 Å². The maximum Gasteiger partial charge on any atom is 0.416 e. The van der Waals surface area contributed by atoms with Crippen LogP contribution in [0.15, 0.2) is 18.2 Å². The minimum Gasteiger partial charge on any atom is -0.327 e. The molecule has 1 aliphatic rings. The van der Waals surface area contributed by atoms with E-state index in [9.17, 15) is 13.2 Å². The van der Waals surface area contributed by atoms with Gasteiger partial charge in [-0.25, -0.2) is 4.98 Å². The number of nitrogens with two attached hydrogens (primary N) is 1. The molecule has 1 unspecified atom stereocenters. The van der Waals surface area contributed by atoms with Gasteiger partial charge in [-0.2, -0.15) is 13.2 Å². The van der Waals surface area contributed by atoms with Gasteiger partial charge in [0.25, 0.3) is 0 Å². The van der Waals surface area contributed by atoms with Crippen molar-refractivity contribution < 1.29 is 13.2 Å². The highest BCUT2D eigenvalue weighted by atomic mass is 19.4. The lowest BCUT2D eigenvalue weighted by Crippen LogP contribution is -2.06. The molecule has 0 aliphatic carbocycles. The fraction of sp³-hybridized carbons (Fsp3) is 0.364. The Hall–Kier alpha value is -1.56. The Bertz CT molecular complexity index is 585. The number of alkyl halides is 3. The molecule has 0 bridgehead atoms. The highest BCUT2D eigenvalue weighted by Crippen LogP contribution is 2.33. The third-order valence-corrected chi connectivity index (χ3v) is 3.10. The summed E-state index contributed by atoms with van der Waals surface area (Å²) in [5.41, 5.74) is 6.25. The van der Waals surface area contributed by atoms with E-state index < -0.39 is 11.7 Å². The van der Waals surface area contributed by atoms with Crippen LogP contribution in [0.1, 0.15) is 23.9 Å². The SMILES string of the molecule is NC1CCn2c1nc1cc(C(F)(F)F)ccc12. The maximum atomic E-state index is 12.5. The Labute approximate surface area is 95.0 Å². The number of benzene rings is 1. The highest BCUT2D eigenvalue weighted by Gasteiger charge is 2.32. The van der Waals surface area contributed by atoms with Crippen LogP contribution in [-0.2, 0) is 12.7 Å². The van der Waals surface area contributed by atoms with Gasteiger partial charge in [-0.1, -0.05) is 0 Å². The maximum absolute atomic E-state index is 12.5. The molecular formula is C11H10F3N3. The Morgan fingerprint density at radius 3 is 2.82 bits per heavy atom. The van der Waals surface area contributed by atoms with E-state index in [1.807, 2.05) is 4.57 Å². The normalized spacial score (nSPS) is 19.9. The first-order valence-electron chi connectivity index (χ1n) is 5.30. The second-order valence-corrected chi connectivity index (χ2v) is 4.22. The van der Waals surface area contributed by atoms with Gasteiger partial charge in [-0.3, -0.25) is 0 Å². The van der Waals surface area contributed by atoms with Crippen molar-refractivity contribution in [2.45, 2.75) is 25.2 Å². The highest BCUT2D eigenvalue weighted by molar-refractivity contribution is 5.77. The summed E-state index contributed by atoms with van der Waals surface area (Å²) in [6.07, 6.45) is -3.54. The molecule has 1 aromatic heterocycles. The van der Waals surface area contributed by atoms with Crippen LogP contribution in [0.2, 0.25) is 0 Å². The van der Waals surface area contributed by atoms with Crippen molar-refractivity contribution in [3.63, 3.8) is 0 Å². The van der Waals surface area contributed by atoms with Gasteiger partial charge in [0.2, 0.25) is 0 Å². The zero-order chi connectivity index (χ0) is 12.2. The summed E-state index contributed by atoms with van der Waals surface area (Å²) >= 11 is 0. The lowest BCUT2D eigenvalue weighted by Gasteiger charge is -2.06. The standard InChI is InChI=1S/C11H10F3N3/c12-11(13,14)6-1-2-9-8(5-6)16-10-7(15)3-4-17(9)10/h1-2,5,7H,3-4,15H2. The van der Waals surface area contributed by atoms with E-state index in [4.69, 9.17) is 5.73 Å². The monoisotopic (exact) mass is 241 g/mol. The second kappa shape index (κ2) is 3.22. The summed E-state index contributed by atoms with van der Waals surface area (Å²) in [6, 6.07) is 3.46. The number of hydrogen-bond acceptors (Lipinski definition) is 2. The van der Waals surface area contributed by atoms with Gasteiger partial charge in [0.05, 0.1) is 22.6 Å². The van der Waals surface area contributed by atoms with Crippen molar-refractivity contribution >= 4 is 11.0 Å². The van der Waals surface area contributed by atoms with Gasteiger partial charge in [-0.05, 0) is 24.6 Å². The number of fused-ring (bicyclic) bond motifs is 3. The van der Waals surface area contributed by atoms with E-state index in [1.54, 1.807) is 0 Å². The van der Waals surface area contributed by atoms with E-state index in [0.717, 1.165) is 30.6 Å². The first-order chi connectivity index (χ1) is 7.97. The van der Waals surface area contributed by atoms with E-state index >= 15 is 0 Å². The minimum atomic E-state index is -4.33. The molecule has 90 valence electrons. The Morgan fingerprint density at radius 1 is 1.35 bits per heavy atom. The van der Waals surface area contributed by atoms with Gasteiger partial charge in [0.15, 0.2) is 0 Å². The van der Waals surface area contributed by atoms with Crippen LogP contribution in [-0.4, -0.2) is 9.55 Å². The Morgan fingerprint density at radius 2 is 2.12 bits per heavy atom. The van der Waals surface area contributed by atoms with Crippen molar-refractivity contribution in [1.82, 2.24) is 9.55 Å². The van der Waals surface area contributed by atoms with Crippen LogP contribution in [0, 0.1) is 0 Å². The first-order valence-corrected chi connectivity index (χ1v) is 5.30. The number of halogens is 3. The number of imidazole rings is 1. The summed E-state index contributed by atoms with van der Waals surface area (Å²) in [4.78, 5) is 4.19. The number of rotatable bonds is 0. The first kappa shape index (κ1) is 10.6. The van der Waals surface area contributed by atoms with Crippen molar-refractivity contribution in [2.75, 3.05) is 0 Å². The predicted octanol–water partition coefficient (Wildman–Crippen LogP) is 2.46. The van der Waals surface area contributed by atoms with Crippen LogP contribution in [0.4, 0.5) is 13.2 Å². The van der Waals surface area contributed by atoms with Crippen molar-refractivity contribution in [2.24, 2.45) is 5.73 Å². The minimum absolute atomic E-state index is 0.170. The molecular weight excluding hydrogens is 231 g/mol. The van der Waals surface area contributed by atoms with Gasteiger partial charge in [-0.15, -0.1) is 0 Å². The third-order valence-electron chi connectivity index (χ3n) is 3.10. The van der Waals surface area contributed by atoms with Crippen LogP contribution in [0.3, 0.4) is 0 Å². The topological polar surface area (TPSA) is 43.8 Å². The molecule has 3 rings (SSSR count). The van der Waals surface area contributed by atoms with Gasteiger partial charge in [0.1, 0.15) is 5.82 Å². The number of nitrogens with zero attached hydrogens (tertiary/aromatic N) is 2. The lowest BCUT2D eigenvalue weighted by molar-refractivity contribution is -0.137. The Balaban J connectivity index is 2.20. The molecule has 1 aliphatic heterocycles. The van der Waals surface area contributed by atoms with Gasteiger partial charge in [0, 0.05) is 6.54 Å². The summed E-state index contributed by atoms with van der Waals surface area (Å²) in [5.74, 6) is 0.680. The van der Waals surface area contributed by atoms with Gasteiger partial charge >= 0.3 is 6.18 Å². The van der Waals surface area contributed by atoms with Crippen molar-refractivity contribution in [3.8, 4) is 0 Å². The molecule has 0 saturated heterocycles. The van der Waals surface area contributed by atoms with Crippen LogP contribution in [0.5, 0.6) is 0 Å². The molecule has 0 spiro atoms. The average Bonchev–Trinajstić information content (AvgIpc) is 2.77. The molecule has 3 nitrogen and oxygen atoms in total. The average molecular weight is 241 g/mol. The molecule has 0 radical (unpaired) electrons. The fourth-order valence-electron chi connectivity index (χ4n) is 2.24. The molecule has 0 amide bonds. The van der Waals surface area contributed by atoms with E-state index in [-0.39, 0.29) is 6.04 Å². The number of aryl methyl sites for hydroxylation is 1. The molecule has 1 aromatic carbocycles. The zero-order valence-corrected chi connectivity index (χ0v) is 8.83. The van der Waals surface area contributed by atoms with Crippen LogP contribution >= 0.6 is 0 Å². The van der Waals surface area contributed by atoms with Crippen LogP contribution < -0.4 is 5.73 Å². The summed E-state index contributed by atoms with van der Waals surface area (Å²) in [5, 5.41) is 0. The summed E-state index contributed by atoms with van der Waals surface area (Å²) < 4.78 is 39.5. The molecule has 2 aromatic rings. The smallest absolute Gasteiger partial charge is 0.327 e. The molecule has 2 heterocycles. The summed E-state index contributed by atoms with van der Waals surface area (Å²) in [6.45, 7) is 0.721. The lowest BCUT2D eigenvalue weighted by atomic mass is 10.2. The van der Waals surface area contributed by atoms with E-state index in [0.29, 0.717) is 11.3 Å². The molecule has 17 heavy (non-hydrogen) atoms. The fourth-order valence-corrected chi connectivity index (χ4v) is 2.24. The molecule has 0 saturated carbocycles. The van der Waals surface area contributed by atoms with Crippen molar-refractivity contribution in [3.05, 3.63) is 29.6 Å². The molecule has 0 fully saturated rings. The molecule has 2 N–H and O–H groups in total. The quantitative estimate of drug-likeness (QED) is 0.770. The Kier molecular flexibility index (Phi) is 2.01. The summed E-state index contributed by atoms with van der Waals surface area (Å²) in [7, 11) is 0. The third kappa shape index (κ3) is 1.51. The predicted molar refractivity (Wildman–Crippen MR) is 56.3 cm³/mol. The van der Waals surface area contributed by atoms with Gasteiger partial charge < -0.3 is 10.3 Å². The van der Waals surface area contributed by atoms with Crippen molar-refractivity contribution in [1.29, 1.82) is 0 Å². The van der Waals surface area contributed by atoms with E-state index in [1.165, 1.54) is 6.07 Å². The number of aromatic nitrogens is 2. The van der Waals surface area contributed by atoms with Crippen LogP contribution in [0.25, 0.3) is 11.0 Å². The number of hydrogen-bond donors (Lipinski definition) is 1. The zero-order valence-electron chi connectivity index (χ0n) is 8.83. The molecule has 6 heteroatoms. The molecule has 1 atom stereocenters. The second-order valence-electron chi connectivity index (χ2n) is 4.22. The largest absolute Gasteiger partial charge is 0.416 e.